The molecule has 2 nitrogen and oxygen atoms in total. The van der Waals surface area contributed by atoms with E-state index in [1.807, 2.05) is 0 Å². The number of alkyl halides is 3. The van der Waals surface area contributed by atoms with Gasteiger partial charge < -0.3 is 5.73 Å². The van der Waals surface area contributed by atoms with E-state index in [2.05, 4.69) is 4.98 Å². The molecule has 1 aliphatic rings. The number of nitrogens with two attached hydrogens (primary N) is 1. The fourth-order valence-electron chi connectivity index (χ4n) is 1.79. The van der Waals surface area contributed by atoms with Crippen molar-refractivity contribution in [2.24, 2.45) is 5.73 Å². The average Bonchev–Trinajstić information content (AvgIpc) is 2.97. The highest BCUT2D eigenvalue weighted by Crippen LogP contribution is 2.50. The molecular weight excluding hydrogens is 205 g/mol. The van der Waals surface area contributed by atoms with Gasteiger partial charge in [0.05, 0.1) is 0 Å². The van der Waals surface area contributed by atoms with Crippen molar-refractivity contribution in [2.45, 2.75) is 24.4 Å². The van der Waals surface area contributed by atoms with E-state index in [9.17, 15) is 13.2 Å². The fourth-order valence-corrected chi connectivity index (χ4v) is 1.79. The molecule has 0 aromatic carbocycles. The highest BCUT2D eigenvalue weighted by molar-refractivity contribution is 5.36. The minimum Gasteiger partial charge on any atom is -0.330 e. The van der Waals surface area contributed by atoms with E-state index in [4.69, 9.17) is 5.73 Å². The third-order valence-corrected chi connectivity index (χ3v) is 2.89. The zero-order chi connectivity index (χ0) is 11.1. The molecule has 1 fully saturated rings. The van der Waals surface area contributed by atoms with Gasteiger partial charge in [-0.2, -0.15) is 13.2 Å². The molecule has 0 unspecified atom stereocenters. The fraction of sp³-hybridized carbons (Fsp3) is 0.500. The Morgan fingerprint density at radius 3 is 2.53 bits per heavy atom. The molecule has 0 atom stereocenters. The zero-order valence-corrected chi connectivity index (χ0v) is 8.01. The molecule has 2 N–H and O–H groups in total. The van der Waals surface area contributed by atoms with Gasteiger partial charge in [0.1, 0.15) is 5.69 Å². The zero-order valence-electron chi connectivity index (χ0n) is 8.01. The van der Waals surface area contributed by atoms with Crippen molar-refractivity contribution in [2.75, 3.05) is 6.54 Å². The second-order valence-electron chi connectivity index (χ2n) is 3.88. The first-order valence-electron chi connectivity index (χ1n) is 4.72. The summed E-state index contributed by atoms with van der Waals surface area (Å²) in [7, 11) is 0. The van der Waals surface area contributed by atoms with Gasteiger partial charge >= 0.3 is 6.18 Å². The molecular formula is C10H11F3N2. The molecule has 15 heavy (non-hydrogen) atoms. The SMILES string of the molecule is NCC1(c2cccnc2C(F)(F)F)CC1. The Morgan fingerprint density at radius 2 is 2.07 bits per heavy atom. The van der Waals surface area contributed by atoms with Crippen LogP contribution in [0.2, 0.25) is 0 Å². The van der Waals surface area contributed by atoms with E-state index >= 15 is 0 Å². The molecule has 82 valence electrons. The lowest BCUT2D eigenvalue weighted by molar-refractivity contribution is -0.142. The predicted octanol–water partition coefficient (Wildman–Crippen LogP) is 2.09. The number of rotatable bonds is 2. The molecule has 1 aliphatic carbocycles. The minimum absolute atomic E-state index is 0.250. The number of halogens is 3. The van der Waals surface area contributed by atoms with Crippen LogP contribution in [-0.2, 0) is 11.6 Å². The average molecular weight is 216 g/mol. The normalized spacial score (nSPS) is 18.9. The van der Waals surface area contributed by atoms with Crippen molar-refractivity contribution >= 4 is 0 Å². The maximum atomic E-state index is 12.6. The van der Waals surface area contributed by atoms with E-state index in [1.54, 1.807) is 0 Å². The van der Waals surface area contributed by atoms with Crippen LogP contribution in [0.4, 0.5) is 13.2 Å². The van der Waals surface area contributed by atoms with E-state index in [-0.39, 0.29) is 12.1 Å². The van der Waals surface area contributed by atoms with Gasteiger partial charge in [0.25, 0.3) is 0 Å². The first-order chi connectivity index (χ1) is 6.99. The summed E-state index contributed by atoms with van der Waals surface area (Å²) in [5.41, 5.74) is 4.51. The Balaban J connectivity index is 2.48. The summed E-state index contributed by atoms with van der Waals surface area (Å²) in [5, 5.41) is 0. The lowest BCUT2D eigenvalue weighted by Gasteiger charge is -2.18. The van der Waals surface area contributed by atoms with Crippen molar-refractivity contribution in [1.29, 1.82) is 0 Å². The second kappa shape index (κ2) is 3.20. The topological polar surface area (TPSA) is 38.9 Å². The van der Waals surface area contributed by atoms with Crippen molar-refractivity contribution in [3.8, 4) is 0 Å². The maximum Gasteiger partial charge on any atom is 0.433 e. The molecule has 0 amide bonds. The van der Waals surface area contributed by atoms with Crippen molar-refractivity contribution < 1.29 is 13.2 Å². The Labute approximate surface area is 85.3 Å². The number of aromatic nitrogens is 1. The molecule has 1 saturated carbocycles. The lowest BCUT2D eigenvalue weighted by Crippen LogP contribution is -2.24. The third kappa shape index (κ3) is 1.71. The van der Waals surface area contributed by atoms with Crippen LogP contribution < -0.4 is 5.73 Å². The first kappa shape index (κ1) is 10.4. The third-order valence-electron chi connectivity index (χ3n) is 2.89. The van der Waals surface area contributed by atoms with Crippen LogP contribution in [0, 0.1) is 0 Å². The molecule has 1 aromatic heterocycles. The second-order valence-corrected chi connectivity index (χ2v) is 3.88. The van der Waals surface area contributed by atoms with Crippen LogP contribution in [0.1, 0.15) is 24.1 Å². The van der Waals surface area contributed by atoms with Crippen LogP contribution in [0.15, 0.2) is 18.3 Å². The van der Waals surface area contributed by atoms with Gasteiger partial charge in [-0.3, -0.25) is 4.98 Å². The first-order valence-corrected chi connectivity index (χ1v) is 4.72. The van der Waals surface area contributed by atoms with Gasteiger partial charge in [0.15, 0.2) is 0 Å². The summed E-state index contributed by atoms with van der Waals surface area (Å²) >= 11 is 0. The van der Waals surface area contributed by atoms with E-state index in [0.29, 0.717) is 0 Å². The Morgan fingerprint density at radius 1 is 1.40 bits per heavy atom. The minimum atomic E-state index is -4.39. The van der Waals surface area contributed by atoms with Gasteiger partial charge in [-0.25, -0.2) is 0 Å². The van der Waals surface area contributed by atoms with E-state index in [0.717, 1.165) is 12.8 Å². The predicted molar refractivity (Wildman–Crippen MR) is 49.2 cm³/mol. The molecule has 0 bridgehead atoms. The number of hydrogen-bond donors (Lipinski definition) is 1. The van der Waals surface area contributed by atoms with Crippen LogP contribution in [0.5, 0.6) is 0 Å². The Bertz CT molecular complexity index is 369. The summed E-state index contributed by atoms with van der Waals surface area (Å²) in [5.74, 6) is 0. The van der Waals surface area contributed by atoms with Gasteiger partial charge in [0.2, 0.25) is 0 Å². The standard InChI is InChI=1S/C10H11F3N2/c11-10(12,13)8-7(2-1-5-15-8)9(6-14)3-4-9/h1-2,5H,3-4,6,14H2. The van der Waals surface area contributed by atoms with Gasteiger partial charge in [-0.15, -0.1) is 0 Å². The molecule has 1 heterocycles. The molecule has 2 rings (SSSR count). The van der Waals surface area contributed by atoms with Gasteiger partial charge in [-0.1, -0.05) is 6.07 Å². The summed E-state index contributed by atoms with van der Waals surface area (Å²) in [6.45, 7) is 0.252. The summed E-state index contributed by atoms with van der Waals surface area (Å²) in [6, 6.07) is 3.01. The van der Waals surface area contributed by atoms with Crippen molar-refractivity contribution in [3.63, 3.8) is 0 Å². The van der Waals surface area contributed by atoms with Gasteiger partial charge in [-0.05, 0) is 24.5 Å². The molecule has 0 aliphatic heterocycles. The number of hydrogen-bond acceptors (Lipinski definition) is 2. The summed E-state index contributed by atoms with van der Waals surface area (Å²) < 4.78 is 37.9. The van der Waals surface area contributed by atoms with E-state index in [1.165, 1.54) is 18.3 Å². The smallest absolute Gasteiger partial charge is 0.330 e. The van der Waals surface area contributed by atoms with Crippen LogP contribution in [0.25, 0.3) is 0 Å². The Hall–Kier alpha value is -1.10. The van der Waals surface area contributed by atoms with Crippen molar-refractivity contribution in [3.05, 3.63) is 29.6 Å². The van der Waals surface area contributed by atoms with Gasteiger partial charge in [0, 0.05) is 18.2 Å². The molecule has 5 heteroatoms. The molecule has 0 saturated heterocycles. The summed E-state index contributed by atoms with van der Waals surface area (Å²) in [4.78, 5) is 3.42. The quantitative estimate of drug-likeness (QED) is 0.822. The monoisotopic (exact) mass is 216 g/mol. The highest BCUT2D eigenvalue weighted by Gasteiger charge is 2.49. The largest absolute Gasteiger partial charge is 0.433 e. The van der Waals surface area contributed by atoms with E-state index < -0.39 is 17.3 Å². The van der Waals surface area contributed by atoms with Crippen molar-refractivity contribution in [1.82, 2.24) is 4.98 Å². The number of nitrogens with zero attached hydrogens (tertiary/aromatic N) is 1. The van der Waals surface area contributed by atoms with Crippen LogP contribution in [-0.4, -0.2) is 11.5 Å². The molecule has 0 spiro atoms. The highest BCUT2D eigenvalue weighted by atomic mass is 19.4. The lowest BCUT2D eigenvalue weighted by atomic mass is 9.94. The number of pyridine rings is 1. The molecule has 0 radical (unpaired) electrons. The summed E-state index contributed by atoms with van der Waals surface area (Å²) in [6.07, 6.45) is -1.78. The molecule has 1 aromatic rings. The van der Waals surface area contributed by atoms with Crippen LogP contribution in [0.3, 0.4) is 0 Å². The van der Waals surface area contributed by atoms with Crippen LogP contribution >= 0.6 is 0 Å². The maximum absolute atomic E-state index is 12.6. The Kier molecular flexibility index (Phi) is 2.22.